The summed E-state index contributed by atoms with van der Waals surface area (Å²) in [4.78, 5) is 20.8. The molecule has 0 bridgehead atoms. The van der Waals surface area contributed by atoms with E-state index in [2.05, 4.69) is 26.8 Å². The van der Waals surface area contributed by atoms with Crippen LogP contribution in [-0.4, -0.2) is 20.4 Å². The molecule has 3 aromatic rings. The average molecular weight is 300 g/mol. The van der Waals surface area contributed by atoms with E-state index in [1.165, 1.54) is 11.3 Å². The SMILES string of the molecule is CCn1c(C(C)NC(=O)c2cscn2)nc2ccccc21. The highest BCUT2D eigenvalue weighted by Gasteiger charge is 2.18. The van der Waals surface area contributed by atoms with Crippen molar-refractivity contribution in [3.63, 3.8) is 0 Å². The number of thiazole rings is 1. The third-order valence-corrected chi connectivity index (χ3v) is 3.99. The molecule has 0 radical (unpaired) electrons. The summed E-state index contributed by atoms with van der Waals surface area (Å²) in [5, 5.41) is 4.70. The number of para-hydroxylation sites is 2. The largest absolute Gasteiger partial charge is 0.341 e. The van der Waals surface area contributed by atoms with Gasteiger partial charge < -0.3 is 9.88 Å². The topological polar surface area (TPSA) is 59.8 Å². The second-order valence-corrected chi connectivity index (χ2v) is 5.49. The van der Waals surface area contributed by atoms with Gasteiger partial charge in [0.25, 0.3) is 5.91 Å². The third-order valence-electron chi connectivity index (χ3n) is 3.40. The Bertz CT molecular complexity index is 763. The van der Waals surface area contributed by atoms with Gasteiger partial charge in [0.1, 0.15) is 11.5 Å². The van der Waals surface area contributed by atoms with Crippen LogP contribution < -0.4 is 5.32 Å². The predicted octanol–water partition coefficient (Wildman–Crippen LogP) is 3.00. The highest BCUT2D eigenvalue weighted by Crippen LogP contribution is 2.20. The molecule has 0 aliphatic carbocycles. The Balaban J connectivity index is 1.91. The Morgan fingerprint density at radius 2 is 2.24 bits per heavy atom. The first kappa shape index (κ1) is 13.8. The number of nitrogens with zero attached hydrogens (tertiary/aromatic N) is 3. The molecular formula is C15H16N4OS. The molecule has 6 heteroatoms. The summed E-state index contributed by atoms with van der Waals surface area (Å²) in [6.45, 7) is 4.83. The van der Waals surface area contributed by atoms with Crippen molar-refractivity contribution in [3.8, 4) is 0 Å². The summed E-state index contributed by atoms with van der Waals surface area (Å²) in [7, 11) is 0. The van der Waals surface area contributed by atoms with E-state index in [0.29, 0.717) is 5.69 Å². The summed E-state index contributed by atoms with van der Waals surface area (Å²) in [5.74, 6) is 0.695. The van der Waals surface area contributed by atoms with E-state index < -0.39 is 0 Å². The van der Waals surface area contributed by atoms with Crippen LogP contribution in [0.15, 0.2) is 35.2 Å². The molecule has 1 atom stereocenters. The van der Waals surface area contributed by atoms with Gasteiger partial charge in [0.15, 0.2) is 0 Å². The van der Waals surface area contributed by atoms with Crippen molar-refractivity contribution in [1.29, 1.82) is 0 Å². The maximum atomic E-state index is 12.1. The zero-order chi connectivity index (χ0) is 14.8. The van der Waals surface area contributed by atoms with Crippen molar-refractivity contribution >= 4 is 28.3 Å². The maximum absolute atomic E-state index is 12.1. The van der Waals surface area contributed by atoms with E-state index in [9.17, 15) is 4.79 Å². The zero-order valence-electron chi connectivity index (χ0n) is 11.9. The van der Waals surface area contributed by atoms with Crippen LogP contribution in [0.4, 0.5) is 0 Å². The minimum Gasteiger partial charge on any atom is -0.341 e. The van der Waals surface area contributed by atoms with E-state index >= 15 is 0 Å². The molecule has 0 aliphatic heterocycles. The molecule has 0 saturated heterocycles. The number of benzene rings is 1. The fourth-order valence-corrected chi connectivity index (χ4v) is 2.95. The van der Waals surface area contributed by atoms with Gasteiger partial charge >= 0.3 is 0 Å². The number of aromatic nitrogens is 3. The van der Waals surface area contributed by atoms with E-state index in [0.717, 1.165) is 23.4 Å². The number of amides is 1. The van der Waals surface area contributed by atoms with Gasteiger partial charge in [-0.15, -0.1) is 11.3 Å². The number of carbonyl (C=O) groups excluding carboxylic acids is 1. The molecule has 1 unspecified atom stereocenters. The molecule has 3 rings (SSSR count). The number of aryl methyl sites for hydroxylation is 1. The molecule has 1 aromatic carbocycles. The first-order valence-corrected chi connectivity index (χ1v) is 7.79. The van der Waals surface area contributed by atoms with Gasteiger partial charge in [-0.2, -0.15) is 0 Å². The molecule has 0 aliphatic rings. The number of nitrogens with one attached hydrogen (secondary N) is 1. The predicted molar refractivity (Wildman–Crippen MR) is 83.4 cm³/mol. The van der Waals surface area contributed by atoms with Crippen molar-refractivity contribution in [2.75, 3.05) is 0 Å². The van der Waals surface area contributed by atoms with E-state index in [-0.39, 0.29) is 11.9 Å². The van der Waals surface area contributed by atoms with Crippen molar-refractivity contribution in [1.82, 2.24) is 19.9 Å². The Kier molecular flexibility index (Phi) is 3.70. The number of carbonyl (C=O) groups is 1. The quantitative estimate of drug-likeness (QED) is 0.805. The lowest BCUT2D eigenvalue weighted by Crippen LogP contribution is -2.28. The third kappa shape index (κ3) is 2.54. The lowest BCUT2D eigenvalue weighted by molar-refractivity contribution is 0.0933. The molecule has 108 valence electrons. The van der Waals surface area contributed by atoms with Crippen molar-refractivity contribution in [2.24, 2.45) is 0 Å². The number of imidazole rings is 1. The molecule has 0 fully saturated rings. The summed E-state index contributed by atoms with van der Waals surface area (Å²) < 4.78 is 2.13. The first-order chi connectivity index (χ1) is 10.2. The van der Waals surface area contributed by atoms with Crippen LogP contribution in [-0.2, 0) is 6.54 Å². The zero-order valence-corrected chi connectivity index (χ0v) is 12.7. The van der Waals surface area contributed by atoms with Gasteiger partial charge in [-0.05, 0) is 26.0 Å². The van der Waals surface area contributed by atoms with Crippen LogP contribution in [0.25, 0.3) is 11.0 Å². The van der Waals surface area contributed by atoms with Crippen LogP contribution in [0, 0.1) is 0 Å². The Morgan fingerprint density at radius 3 is 2.95 bits per heavy atom. The summed E-state index contributed by atoms with van der Waals surface area (Å²) in [6.07, 6.45) is 0. The van der Waals surface area contributed by atoms with Gasteiger partial charge in [0, 0.05) is 11.9 Å². The van der Waals surface area contributed by atoms with E-state index in [1.807, 2.05) is 31.2 Å². The second-order valence-electron chi connectivity index (χ2n) is 4.77. The number of hydrogen-bond acceptors (Lipinski definition) is 4. The van der Waals surface area contributed by atoms with Crippen LogP contribution in [0.1, 0.15) is 36.2 Å². The first-order valence-electron chi connectivity index (χ1n) is 6.85. The fourth-order valence-electron chi connectivity index (χ4n) is 2.42. The molecule has 1 N–H and O–H groups in total. The van der Waals surface area contributed by atoms with Crippen LogP contribution >= 0.6 is 11.3 Å². The van der Waals surface area contributed by atoms with Gasteiger partial charge in [-0.1, -0.05) is 12.1 Å². The lowest BCUT2D eigenvalue weighted by Gasteiger charge is -2.14. The molecule has 2 heterocycles. The van der Waals surface area contributed by atoms with Gasteiger partial charge in [-0.25, -0.2) is 9.97 Å². The molecule has 5 nitrogen and oxygen atoms in total. The van der Waals surface area contributed by atoms with E-state index in [1.54, 1.807) is 10.9 Å². The van der Waals surface area contributed by atoms with Crippen molar-refractivity contribution < 1.29 is 4.79 Å². The number of rotatable bonds is 4. The smallest absolute Gasteiger partial charge is 0.271 e. The standard InChI is InChI=1S/C15H16N4OS/c1-3-19-13-7-5-4-6-11(13)18-14(19)10(2)17-15(20)12-8-21-9-16-12/h4-10H,3H2,1-2H3,(H,17,20). The summed E-state index contributed by atoms with van der Waals surface area (Å²) >= 11 is 1.41. The van der Waals surface area contributed by atoms with E-state index in [4.69, 9.17) is 0 Å². The summed E-state index contributed by atoms with van der Waals surface area (Å²) in [5.41, 5.74) is 4.14. The van der Waals surface area contributed by atoms with Gasteiger partial charge in [0.2, 0.25) is 0 Å². The molecule has 0 spiro atoms. The molecule has 1 amide bonds. The minimum atomic E-state index is -0.174. The summed E-state index contributed by atoms with van der Waals surface area (Å²) in [6, 6.07) is 7.83. The van der Waals surface area contributed by atoms with Gasteiger partial charge in [-0.3, -0.25) is 4.79 Å². The maximum Gasteiger partial charge on any atom is 0.271 e. The molecule has 0 saturated carbocycles. The van der Waals surface area contributed by atoms with Gasteiger partial charge in [0.05, 0.1) is 22.6 Å². The number of fused-ring (bicyclic) bond motifs is 1. The highest BCUT2D eigenvalue weighted by molar-refractivity contribution is 7.07. The Morgan fingerprint density at radius 1 is 1.43 bits per heavy atom. The van der Waals surface area contributed by atoms with Crippen molar-refractivity contribution in [3.05, 3.63) is 46.7 Å². The molecule has 2 aromatic heterocycles. The average Bonchev–Trinajstić information content (AvgIpc) is 3.14. The Labute approximate surface area is 126 Å². The molecular weight excluding hydrogens is 284 g/mol. The van der Waals surface area contributed by atoms with Crippen LogP contribution in [0.3, 0.4) is 0 Å². The lowest BCUT2D eigenvalue weighted by atomic mass is 10.3. The Hall–Kier alpha value is -2.21. The second kappa shape index (κ2) is 5.65. The monoisotopic (exact) mass is 300 g/mol. The highest BCUT2D eigenvalue weighted by atomic mass is 32.1. The fraction of sp³-hybridized carbons (Fsp3) is 0.267. The van der Waals surface area contributed by atoms with Crippen molar-refractivity contribution in [2.45, 2.75) is 26.4 Å². The number of hydrogen-bond donors (Lipinski definition) is 1. The normalized spacial score (nSPS) is 12.5. The minimum absolute atomic E-state index is 0.168. The molecule has 21 heavy (non-hydrogen) atoms. The van der Waals surface area contributed by atoms with Crippen LogP contribution in [0.5, 0.6) is 0 Å². The van der Waals surface area contributed by atoms with Crippen LogP contribution in [0.2, 0.25) is 0 Å².